The molecule has 3 N–H and O–H groups in total. The summed E-state index contributed by atoms with van der Waals surface area (Å²) in [7, 11) is 0. The third-order valence-corrected chi connectivity index (χ3v) is 2.44. The lowest BCUT2D eigenvalue weighted by atomic mass is 10.1. The number of carbonyl (C=O) groups is 2. The van der Waals surface area contributed by atoms with Crippen molar-refractivity contribution >= 4 is 11.9 Å². The highest BCUT2D eigenvalue weighted by Crippen LogP contribution is 2.15. The van der Waals surface area contributed by atoms with E-state index in [0.717, 1.165) is 6.92 Å². The zero-order valence-electron chi connectivity index (χ0n) is 9.95. The van der Waals surface area contributed by atoms with Gasteiger partial charge in [0.2, 0.25) is 5.79 Å². The molecule has 0 fully saturated rings. The molecule has 0 aromatic heterocycles. The fraction of sp³-hybridized carbons (Fsp3) is 0.333. The number of carbonyl (C=O) groups excluding carboxylic acids is 1. The van der Waals surface area contributed by atoms with Crippen LogP contribution >= 0.6 is 0 Å². The van der Waals surface area contributed by atoms with Gasteiger partial charge < -0.3 is 20.1 Å². The van der Waals surface area contributed by atoms with Gasteiger partial charge in [0.25, 0.3) is 0 Å². The largest absolute Gasteiger partial charge is 0.478 e. The van der Waals surface area contributed by atoms with Crippen LogP contribution in [0.5, 0.6) is 0 Å². The standard InChI is InChI=1S/C12H14O6/c1-7(13)12(2,17)18-11(16)9-5-3-8(4-6-9)10(14)15/h3-7,13,17H,1-2H3,(H,14,15). The number of carboxylic acid groups (broad SMARTS) is 1. The third-order valence-electron chi connectivity index (χ3n) is 2.44. The molecule has 0 aliphatic heterocycles. The number of benzene rings is 1. The zero-order valence-corrected chi connectivity index (χ0v) is 9.95. The van der Waals surface area contributed by atoms with Crippen LogP contribution in [-0.2, 0) is 4.74 Å². The molecule has 1 aromatic rings. The first-order valence-corrected chi connectivity index (χ1v) is 5.21. The quantitative estimate of drug-likeness (QED) is 0.537. The molecule has 18 heavy (non-hydrogen) atoms. The first kappa shape index (κ1) is 14.1. The second-order valence-corrected chi connectivity index (χ2v) is 4.00. The first-order valence-electron chi connectivity index (χ1n) is 5.21. The Hall–Kier alpha value is -1.92. The van der Waals surface area contributed by atoms with Gasteiger partial charge in [-0.25, -0.2) is 9.59 Å². The third kappa shape index (κ3) is 3.28. The molecule has 1 rings (SSSR count). The summed E-state index contributed by atoms with van der Waals surface area (Å²) in [6.45, 7) is 2.43. The number of aromatic carboxylic acids is 1. The SMILES string of the molecule is CC(O)C(C)(O)OC(=O)c1ccc(C(=O)O)cc1. The Kier molecular flexibility index (Phi) is 4.05. The van der Waals surface area contributed by atoms with Crippen LogP contribution in [0.2, 0.25) is 0 Å². The van der Waals surface area contributed by atoms with Gasteiger partial charge in [-0.05, 0) is 31.2 Å². The summed E-state index contributed by atoms with van der Waals surface area (Å²) < 4.78 is 4.70. The number of ether oxygens (including phenoxy) is 1. The van der Waals surface area contributed by atoms with Gasteiger partial charge in [0.15, 0.2) is 0 Å². The summed E-state index contributed by atoms with van der Waals surface area (Å²) in [6, 6.07) is 5.03. The summed E-state index contributed by atoms with van der Waals surface area (Å²) in [4.78, 5) is 22.2. The second kappa shape index (κ2) is 5.16. The molecule has 98 valence electrons. The van der Waals surface area contributed by atoms with Crippen molar-refractivity contribution in [1.82, 2.24) is 0 Å². The van der Waals surface area contributed by atoms with Crippen molar-refractivity contribution in [1.29, 1.82) is 0 Å². The minimum atomic E-state index is -2.00. The Morgan fingerprint density at radius 3 is 2.06 bits per heavy atom. The predicted octanol–water partition coefficient (Wildman–Crippen LogP) is 0.631. The van der Waals surface area contributed by atoms with Crippen molar-refractivity contribution in [2.24, 2.45) is 0 Å². The maximum atomic E-state index is 11.6. The van der Waals surface area contributed by atoms with Crippen LogP contribution in [0.3, 0.4) is 0 Å². The molecule has 0 heterocycles. The summed E-state index contributed by atoms with van der Waals surface area (Å²) in [6.07, 6.45) is -1.25. The Balaban J connectivity index is 2.82. The molecule has 1 aromatic carbocycles. The molecule has 0 saturated heterocycles. The molecular weight excluding hydrogens is 240 g/mol. The average Bonchev–Trinajstić information content (AvgIpc) is 2.28. The van der Waals surface area contributed by atoms with E-state index in [1.165, 1.54) is 31.2 Å². The van der Waals surface area contributed by atoms with Crippen LogP contribution < -0.4 is 0 Å². The van der Waals surface area contributed by atoms with Crippen LogP contribution in [-0.4, -0.2) is 39.1 Å². The molecular formula is C12H14O6. The molecule has 6 heteroatoms. The summed E-state index contributed by atoms with van der Waals surface area (Å²) in [5, 5.41) is 27.5. The van der Waals surface area contributed by atoms with E-state index >= 15 is 0 Å². The van der Waals surface area contributed by atoms with Gasteiger partial charge in [-0.15, -0.1) is 0 Å². The maximum absolute atomic E-state index is 11.6. The predicted molar refractivity (Wildman–Crippen MR) is 61.1 cm³/mol. The van der Waals surface area contributed by atoms with Crippen LogP contribution in [0.4, 0.5) is 0 Å². The monoisotopic (exact) mass is 254 g/mol. The average molecular weight is 254 g/mol. The van der Waals surface area contributed by atoms with Crippen LogP contribution in [0.25, 0.3) is 0 Å². The van der Waals surface area contributed by atoms with E-state index in [1.54, 1.807) is 0 Å². The van der Waals surface area contributed by atoms with Crippen molar-refractivity contribution in [3.8, 4) is 0 Å². The molecule has 0 saturated carbocycles. The van der Waals surface area contributed by atoms with Gasteiger partial charge in [-0.1, -0.05) is 0 Å². The molecule has 0 bridgehead atoms. The van der Waals surface area contributed by atoms with Gasteiger partial charge in [-0.3, -0.25) is 0 Å². The zero-order chi connectivity index (χ0) is 13.9. The van der Waals surface area contributed by atoms with E-state index in [-0.39, 0.29) is 11.1 Å². The van der Waals surface area contributed by atoms with E-state index in [1.807, 2.05) is 0 Å². The molecule has 2 unspecified atom stereocenters. The summed E-state index contributed by atoms with van der Waals surface area (Å²) >= 11 is 0. The van der Waals surface area contributed by atoms with Gasteiger partial charge in [0.05, 0.1) is 11.1 Å². The highest BCUT2D eigenvalue weighted by atomic mass is 16.7. The number of rotatable bonds is 4. The molecule has 0 aliphatic rings. The van der Waals surface area contributed by atoms with Crippen molar-refractivity contribution in [3.63, 3.8) is 0 Å². The number of esters is 1. The Labute approximate surface area is 103 Å². The smallest absolute Gasteiger partial charge is 0.340 e. The lowest BCUT2D eigenvalue weighted by molar-refractivity contribution is -0.206. The number of hydrogen-bond acceptors (Lipinski definition) is 5. The number of hydrogen-bond donors (Lipinski definition) is 3. The van der Waals surface area contributed by atoms with Gasteiger partial charge in [0.1, 0.15) is 6.10 Å². The van der Waals surface area contributed by atoms with E-state index in [2.05, 4.69) is 0 Å². The fourth-order valence-corrected chi connectivity index (χ4v) is 1.08. The lowest BCUT2D eigenvalue weighted by Gasteiger charge is -2.26. The minimum absolute atomic E-state index is 0.0360. The minimum Gasteiger partial charge on any atom is -0.478 e. The van der Waals surface area contributed by atoms with Crippen LogP contribution in [0.15, 0.2) is 24.3 Å². The Morgan fingerprint density at radius 1 is 1.22 bits per heavy atom. The topological polar surface area (TPSA) is 104 Å². The highest BCUT2D eigenvalue weighted by Gasteiger charge is 2.31. The first-order chi connectivity index (χ1) is 8.24. The number of aliphatic hydroxyl groups excluding tert-OH is 1. The normalized spacial score (nSPS) is 15.6. The van der Waals surface area contributed by atoms with E-state index in [9.17, 15) is 19.8 Å². The molecule has 2 atom stereocenters. The van der Waals surface area contributed by atoms with E-state index < -0.39 is 23.8 Å². The van der Waals surface area contributed by atoms with E-state index in [0.29, 0.717) is 0 Å². The lowest BCUT2D eigenvalue weighted by Crippen LogP contribution is -2.41. The van der Waals surface area contributed by atoms with Crippen LogP contribution in [0, 0.1) is 0 Å². The maximum Gasteiger partial charge on any atom is 0.340 e. The fourth-order valence-electron chi connectivity index (χ4n) is 1.08. The van der Waals surface area contributed by atoms with Gasteiger partial charge in [0, 0.05) is 6.92 Å². The second-order valence-electron chi connectivity index (χ2n) is 4.00. The van der Waals surface area contributed by atoms with Crippen molar-refractivity contribution in [2.45, 2.75) is 25.7 Å². The van der Waals surface area contributed by atoms with Crippen molar-refractivity contribution in [2.75, 3.05) is 0 Å². The number of aliphatic hydroxyl groups is 2. The summed E-state index contributed by atoms with van der Waals surface area (Å²) in [5.41, 5.74) is 0.120. The van der Waals surface area contributed by atoms with Crippen molar-refractivity contribution < 1.29 is 29.6 Å². The molecule has 0 radical (unpaired) electrons. The summed E-state index contributed by atoms with van der Waals surface area (Å²) in [5.74, 6) is -3.95. The van der Waals surface area contributed by atoms with Gasteiger partial charge in [-0.2, -0.15) is 0 Å². The molecule has 0 aliphatic carbocycles. The molecule has 6 nitrogen and oxygen atoms in total. The number of carboxylic acids is 1. The van der Waals surface area contributed by atoms with Gasteiger partial charge >= 0.3 is 11.9 Å². The Bertz CT molecular complexity index is 446. The van der Waals surface area contributed by atoms with E-state index in [4.69, 9.17) is 9.84 Å². The van der Waals surface area contributed by atoms with Crippen molar-refractivity contribution in [3.05, 3.63) is 35.4 Å². The highest BCUT2D eigenvalue weighted by molar-refractivity contribution is 5.92. The Morgan fingerprint density at radius 2 is 1.67 bits per heavy atom. The molecule has 0 amide bonds. The van der Waals surface area contributed by atoms with Crippen LogP contribution in [0.1, 0.15) is 34.6 Å². The molecule has 0 spiro atoms.